The number of unbranched alkanes of at least 4 members (excludes halogenated alkanes) is 3. The maximum absolute atomic E-state index is 5.66. The van der Waals surface area contributed by atoms with Crippen LogP contribution in [0.4, 0.5) is 0 Å². The number of hydrogen-bond donors (Lipinski definition) is 0. The maximum atomic E-state index is 5.66. The SMILES string of the molecule is COCCOCCN(CCCCCCN(CCOCCOC)CCOCCOC)CCOCCOC. The van der Waals surface area contributed by atoms with E-state index in [4.69, 9.17) is 37.9 Å². The quantitative estimate of drug-likeness (QED) is 0.125. The van der Waals surface area contributed by atoms with Gasteiger partial charge in [0, 0.05) is 54.6 Å². The van der Waals surface area contributed by atoms with Gasteiger partial charge in [0.2, 0.25) is 0 Å². The molecule has 0 fully saturated rings. The first-order valence-corrected chi connectivity index (χ1v) is 13.5. The standard InChI is InChI=1S/C26H56N2O8/c1-29-19-23-33-15-11-27(12-16-34-24-20-30-2)9-7-5-6-8-10-28(13-17-35-25-21-31-3)14-18-36-26-22-32-4/h5-26H2,1-4H3. The van der Waals surface area contributed by atoms with E-state index in [1.165, 1.54) is 25.7 Å². The van der Waals surface area contributed by atoms with Crippen molar-refractivity contribution >= 4 is 0 Å². The highest BCUT2D eigenvalue weighted by molar-refractivity contribution is 4.61. The Bertz CT molecular complexity index is 346. The van der Waals surface area contributed by atoms with Crippen molar-refractivity contribution in [3.05, 3.63) is 0 Å². The van der Waals surface area contributed by atoms with Gasteiger partial charge >= 0.3 is 0 Å². The lowest BCUT2D eigenvalue weighted by Gasteiger charge is -2.23. The monoisotopic (exact) mass is 524 g/mol. The van der Waals surface area contributed by atoms with E-state index < -0.39 is 0 Å². The second-order valence-electron chi connectivity index (χ2n) is 8.52. The molecule has 0 heterocycles. The second-order valence-corrected chi connectivity index (χ2v) is 8.52. The van der Waals surface area contributed by atoms with Crippen molar-refractivity contribution in [2.45, 2.75) is 25.7 Å². The Balaban J connectivity index is 4.15. The Morgan fingerprint density at radius 3 is 0.833 bits per heavy atom. The molecule has 0 aliphatic heterocycles. The minimum atomic E-state index is 0.635. The molecule has 0 aliphatic rings. The van der Waals surface area contributed by atoms with Gasteiger partial charge in [0.05, 0.1) is 79.3 Å². The van der Waals surface area contributed by atoms with Crippen LogP contribution in [-0.2, 0) is 37.9 Å². The van der Waals surface area contributed by atoms with Crippen LogP contribution in [0.1, 0.15) is 25.7 Å². The van der Waals surface area contributed by atoms with Crippen LogP contribution in [0.5, 0.6) is 0 Å². The Morgan fingerprint density at radius 1 is 0.306 bits per heavy atom. The highest BCUT2D eigenvalue weighted by Crippen LogP contribution is 2.05. The topological polar surface area (TPSA) is 80.3 Å². The molecular formula is C26H56N2O8. The van der Waals surface area contributed by atoms with E-state index in [0.29, 0.717) is 52.9 Å². The second kappa shape index (κ2) is 30.8. The van der Waals surface area contributed by atoms with Crippen molar-refractivity contribution in [1.82, 2.24) is 9.80 Å². The summed E-state index contributed by atoms with van der Waals surface area (Å²) in [5, 5.41) is 0. The minimum absolute atomic E-state index is 0.635. The summed E-state index contributed by atoms with van der Waals surface area (Å²) >= 11 is 0. The molecule has 0 saturated carbocycles. The highest BCUT2D eigenvalue weighted by Gasteiger charge is 2.07. The zero-order valence-electron chi connectivity index (χ0n) is 23.7. The van der Waals surface area contributed by atoms with Gasteiger partial charge in [-0.3, -0.25) is 9.80 Å². The average Bonchev–Trinajstić information content (AvgIpc) is 2.89. The molecule has 0 bridgehead atoms. The molecule has 218 valence electrons. The summed E-state index contributed by atoms with van der Waals surface area (Å²) in [5.74, 6) is 0. The summed E-state index contributed by atoms with van der Waals surface area (Å²) in [4.78, 5) is 4.86. The highest BCUT2D eigenvalue weighted by atomic mass is 16.5. The normalized spacial score (nSPS) is 11.8. The molecule has 0 aliphatic carbocycles. The molecule has 0 aromatic carbocycles. The van der Waals surface area contributed by atoms with E-state index in [-0.39, 0.29) is 0 Å². The van der Waals surface area contributed by atoms with Gasteiger partial charge in [-0.25, -0.2) is 0 Å². The van der Waals surface area contributed by atoms with Crippen molar-refractivity contribution in [3.63, 3.8) is 0 Å². The molecule has 0 spiro atoms. The van der Waals surface area contributed by atoms with Gasteiger partial charge in [-0.1, -0.05) is 12.8 Å². The van der Waals surface area contributed by atoms with Gasteiger partial charge in [0.15, 0.2) is 0 Å². The lowest BCUT2D eigenvalue weighted by Crippen LogP contribution is -2.33. The molecule has 0 amide bonds. The average molecular weight is 525 g/mol. The van der Waals surface area contributed by atoms with E-state index in [2.05, 4.69) is 9.80 Å². The molecule has 0 unspecified atom stereocenters. The van der Waals surface area contributed by atoms with Crippen LogP contribution in [0, 0.1) is 0 Å². The van der Waals surface area contributed by atoms with Crippen molar-refractivity contribution in [1.29, 1.82) is 0 Å². The number of nitrogens with zero attached hydrogens (tertiary/aromatic N) is 2. The summed E-state index contributed by atoms with van der Waals surface area (Å²) in [7, 11) is 6.78. The maximum Gasteiger partial charge on any atom is 0.0700 e. The molecule has 0 rings (SSSR count). The van der Waals surface area contributed by atoms with Crippen LogP contribution in [0.3, 0.4) is 0 Å². The Morgan fingerprint density at radius 2 is 0.583 bits per heavy atom. The summed E-state index contributed by atoms with van der Waals surface area (Å²) in [6, 6.07) is 0. The van der Waals surface area contributed by atoms with E-state index in [1.807, 2.05) is 0 Å². The van der Waals surface area contributed by atoms with Crippen molar-refractivity contribution in [2.24, 2.45) is 0 Å². The minimum Gasteiger partial charge on any atom is -0.382 e. The van der Waals surface area contributed by atoms with Gasteiger partial charge < -0.3 is 37.9 Å². The Kier molecular flexibility index (Phi) is 30.5. The molecule has 0 atom stereocenters. The van der Waals surface area contributed by atoms with Gasteiger partial charge in [-0.2, -0.15) is 0 Å². The van der Waals surface area contributed by atoms with E-state index in [1.54, 1.807) is 28.4 Å². The Hall–Kier alpha value is -0.400. The molecule has 36 heavy (non-hydrogen) atoms. The number of methoxy groups -OCH3 is 4. The zero-order chi connectivity index (χ0) is 26.4. The van der Waals surface area contributed by atoms with Crippen LogP contribution in [0.25, 0.3) is 0 Å². The van der Waals surface area contributed by atoms with E-state index in [0.717, 1.165) is 65.7 Å². The van der Waals surface area contributed by atoms with Crippen LogP contribution in [0.15, 0.2) is 0 Å². The third kappa shape index (κ3) is 26.7. The predicted molar refractivity (Wildman–Crippen MR) is 142 cm³/mol. The number of hydrogen-bond acceptors (Lipinski definition) is 10. The predicted octanol–water partition coefficient (Wildman–Crippen LogP) is 1.80. The zero-order valence-corrected chi connectivity index (χ0v) is 23.7. The molecule has 10 heteroatoms. The van der Waals surface area contributed by atoms with E-state index >= 15 is 0 Å². The van der Waals surface area contributed by atoms with Crippen LogP contribution < -0.4 is 0 Å². The summed E-state index contributed by atoms with van der Waals surface area (Å²) < 4.78 is 42.8. The lowest BCUT2D eigenvalue weighted by molar-refractivity contribution is 0.0370. The first kappa shape index (κ1) is 35.6. The molecule has 0 saturated heterocycles. The molecular weight excluding hydrogens is 468 g/mol. The van der Waals surface area contributed by atoms with Gasteiger partial charge in [0.25, 0.3) is 0 Å². The smallest absolute Gasteiger partial charge is 0.0700 e. The molecule has 0 radical (unpaired) electrons. The fourth-order valence-electron chi connectivity index (χ4n) is 3.45. The number of rotatable bonds is 31. The molecule has 0 aromatic rings. The Labute approximate surface area is 220 Å². The van der Waals surface area contributed by atoms with Crippen molar-refractivity contribution < 1.29 is 37.9 Å². The fraction of sp³-hybridized carbons (Fsp3) is 1.00. The van der Waals surface area contributed by atoms with Crippen LogP contribution in [0.2, 0.25) is 0 Å². The first-order chi connectivity index (χ1) is 17.8. The molecule has 0 N–H and O–H groups in total. The molecule has 10 nitrogen and oxygen atoms in total. The third-order valence-electron chi connectivity index (χ3n) is 5.63. The van der Waals surface area contributed by atoms with Crippen LogP contribution in [-0.4, -0.2) is 157 Å². The van der Waals surface area contributed by atoms with Gasteiger partial charge in [-0.05, 0) is 25.9 Å². The third-order valence-corrected chi connectivity index (χ3v) is 5.63. The molecule has 0 aromatic heterocycles. The van der Waals surface area contributed by atoms with Crippen molar-refractivity contribution in [3.8, 4) is 0 Å². The first-order valence-electron chi connectivity index (χ1n) is 13.5. The summed E-state index contributed by atoms with van der Waals surface area (Å²) in [6.45, 7) is 13.7. The summed E-state index contributed by atoms with van der Waals surface area (Å²) in [6.07, 6.45) is 4.79. The van der Waals surface area contributed by atoms with E-state index in [9.17, 15) is 0 Å². The van der Waals surface area contributed by atoms with Crippen molar-refractivity contribution in [2.75, 3.05) is 147 Å². The van der Waals surface area contributed by atoms with Gasteiger partial charge in [-0.15, -0.1) is 0 Å². The number of ether oxygens (including phenoxy) is 8. The fourth-order valence-corrected chi connectivity index (χ4v) is 3.45. The van der Waals surface area contributed by atoms with Crippen LogP contribution >= 0.6 is 0 Å². The largest absolute Gasteiger partial charge is 0.382 e. The lowest BCUT2D eigenvalue weighted by atomic mass is 10.1. The summed E-state index contributed by atoms with van der Waals surface area (Å²) in [5.41, 5.74) is 0. The van der Waals surface area contributed by atoms with Gasteiger partial charge in [0.1, 0.15) is 0 Å².